The molecule has 5 rings (SSSR count). The van der Waals surface area contributed by atoms with E-state index < -0.39 is 0 Å². The van der Waals surface area contributed by atoms with Crippen molar-refractivity contribution in [1.29, 1.82) is 0 Å². The quantitative estimate of drug-likeness (QED) is 0.270. The van der Waals surface area contributed by atoms with Gasteiger partial charge in [-0.2, -0.15) is 20.1 Å². The number of hydrazone groups is 1. The molecule has 1 aromatic heterocycles. The monoisotopic (exact) mass is 537 g/mol. The number of rotatable bonds is 8. The molecule has 2 aliphatic rings. The van der Waals surface area contributed by atoms with E-state index in [1.54, 1.807) is 23.4 Å². The number of aromatic nitrogens is 3. The average Bonchev–Trinajstić information content (AvgIpc) is 2.97. The Balaban J connectivity index is 1.28. The Morgan fingerprint density at radius 3 is 2.08 bits per heavy atom. The number of hydrogen-bond acceptors (Lipinski definition) is 8. The van der Waals surface area contributed by atoms with Crippen LogP contribution in [0.5, 0.6) is 5.75 Å². The van der Waals surface area contributed by atoms with E-state index in [1.807, 2.05) is 31.3 Å². The van der Waals surface area contributed by atoms with Crippen molar-refractivity contribution in [2.45, 2.75) is 45.1 Å². The van der Waals surface area contributed by atoms with Gasteiger partial charge in [-0.3, -0.25) is 0 Å². The van der Waals surface area contributed by atoms with Gasteiger partial charge in [0.1, 0.15) is 18.2 Å². The molecule has 2 saturated heterocycles. The molecule has 0 unspecified atom stereocenters. The van der Waals surface area contributed by atoms with Gasteiger partial charge in [0.25, 0.3) is 5.95 Å². The molecule has 2 fully saturated rings. The Kier molecular flexibility index (Phi) is 8.53. The van der Waals surface area contributed by atoms with Crippen molar-refractivity contribution >= 4 is 35.7 Å². The molecular formula is C28H33ClFN7O. The van der Waals surface area contributed by atoms with Crippen LogP contribution in [0.1, 0.15) is 49.7 Å². The van der Waals surface area contributed by atoms with Crippen LogP contribution < -0.4 is 19.5 Å². The van der Waals surface area contributed by atoms with Crippen LogP contribution in [-0.4, -0.2) is 54.4 Å². The third kappa shape index (κ3) is 6.51. The first-order valence-electron chi connectivity index (χ1n) is 13.3. The second-order valence-corrected chi connectivity index (χ2v) is 10.1. The first-order chi connectivity index (χ1) is 18.6. The minimum Gasteiger partial charge on any atom is -0.489 e. The lowest BCUT2D eigenvalue weighted by Gasteiger charge is -2.30. The molecule has 0 N–H and O–H groups in total. The molecule has 0 spiro atoms. The summed E-state index contributed by atoms with van der Waals surface area (Å²) in [4.78, 5) is 18.9. The van der Waals surface area contributed by atoms with Crippen molar-refractivity contribution in [2.24, 2.45) is 5.10 Å². The van der Waals surface area contributed by atoms with Gasteiger partial charge in [-0.05, 0) is 80.5 Å². The Bertz CT molecular complexity index is 1190. The first-order valence-corrected chi connectivity index (χ1v) is 13.6. The lowest BCUT2D eigenvalue weighted by atomic mass is 10.1. The number of ether oxygens (including phenoxy) is 1. The number of benzene rings is 2. The van der Waals surface area contributed by atoms with Crippen molar-refractivity contribution < 1.29 is 9.13 Å². The molecule has 0 radical (unpaired) electrons. The molecule has 3 heterocycles. The molecule has 0 atom stereocenters. The predicted octanol–water partition coefficient (Wildman–Crippen LogP) is 5.69. The van der Waals surface area contributed by atoms with Crippen LogP contribution in [0.3, 0.4) is 0 Å². The highest BCUT2D eigenvalue weighted by atomic mass is 35.5. The third-order valence-electron chi connectivity index (χ3n) is 6.87. The molecule has 2 aliphatic heterocycles. The summed E-state index contributed by atoms with van der Waals surface area (Å²) in [6, 6.07) is 12.0. The summed E-state index contributed by atoms with van der Waals surface area (Å²) in [5, 5.41) is 6.63. The van der Waals surface area contributed by atoms with Gasteiger partial charge in [-0.25, -0.2) is 9.40 Å². The summed E-state index contributed by atoms with van der Waals surface area (Å²) in [5.41, 5.74) is 1.22. The molecule has 2 aromatic carbocycles. The second kappa shape index (κ2) is 12.4. The van der Waals surface area contributed by atoms with Crippen molar-refractivity contribution in [2.75, 3.05) is 48.0 Å². The summed E-state index contributed by atoms with van der Waals surface area (Å²) in [5.74, 6) is 2.22. The molecule has 8 nitrogen and oxygen atoms in total. The Morgan fingerprint density at radius 2 is 1.50 bits per heavy atom. The van der Waals surface area contributed by atoms with Crippen molar-refractivity contribution in [3.05, 3.63) is 64.4 Å². The zero-order valence-electron chi connectivity index (χ0n) is 21.7. The van der Waals surface area contributed by atoms with Crippen LogP contribution in [-0.2, 0) is 6.61 Å². The molecule has 0 saturated carbocycles. The van der Waals surface area contributed by atoms with Crippen LogP contribution in [0, 0.1) is 5.82 Å². The van der Waals surface area contributed by atoms with Gasteiger partial charge < -0.3 is 14.5 Å². The molecule has 0 aliphatic carbocycles. The van der Waals surface area contributed by atoms with E-state index in [-0.39, 0.29) is 12.4 Å². The summed E-state index contributed by atoms with van der Waals surface area (Å²) in [6.45, 7) is 3.92. The fourth-order valence-corrected chi connectivity index (χ4v) is 4.86. The van der Waals surface area contributed by atoms with E-state index in [0.717, 1.165) is 69.3 Å². The average molecular weight is 538 g/mol. The maximum atomic E-state index is 14.0. The van der Waals surface area contributed by atoms with Crippen molar-refractivity contribution in [3.63, 3.8) is 0 Å². The van der Waals surface area contributed by atoms with E-state index in [2.05, 4.69) is 14.9 Å². The maximum absolute atomic E-state index is 14.0. The number of halogens is 2. The van der Waals surface area contributed by atoms with Crippen LogP contribution in [0.25, 0.3) is 0 Å². The fraction of sp³-hybridized carbons (Fsp3) is 0.429. The summed E-state index contributed by atoms with van der Waals surface area (Å²) < 4.78 is 19.7. The Hall–Kier alpha value is -3.46. The van der Waals surface area contributed by atoms with Crippen LogP contribution >= 0.6 is 11.6 Å². The first kappa shape index (κ1) is 26.2. The van der Waals surface area contributed by atoms with E-state index >= 15 is 0 Å². The van der Waals surface area contributed by atoms with Gasteiger partial charge in [0.2, 0.25) is 11.9 Å². The van der Waals surface area contributed by atoms with Crippen LogP contribution in [0.4, 0.5) is 22.2 Å². The number of anilines is 3. The van der Waals surface area contributed by atoms with Gasteiger partial charge in [-0.15, -0.1) is 0 Å². The van der Waals surface area contributed by atoms with E-state index in [4.69, 9.17) is 31.3 Å². The summed E-state index contributed by atoms with van der Waals surface area (Å²) in [7, 11) is 1.85. The van der Waals surface area contributed by atoms with Gasteiger partial charge in [0.15, 0.2) is 0 Å². The number of piperidine rings is 2. The molecule has 3 aromatic rings. The zero-order valence-corrected chi connectivity index (χ0v) is 22.4. The minimum atomic E-state index is -0.380. The number of hydrogen-bond donors (Lipinski definition) is 0. The highest BCUT2D eigenvalue weighted by Crippen LogP contribution is 2.24. The fourth-order valence-electron chi connectivity index (χ4n) is 4.64. The molecular weight excluding hydrogens is 505 g/mol. The smallest absolute Gasteiger partial charge is 0.252 e. The second-order valence-electron chi connectivity index (χ2n) is 9.66. The van der Waals surface area contributed by atoms with Gasteiger partial charge in [-0.1, -0.05) is 17.7 Å². The lowest BCUT2D eigenvalue weighted by Crippen LogP contribution is -2.35. The van der Waals surface area contributed by atoms with Crippen molar-refractivity contribution in [1.82, 2.24) is 15.0 Å². The molecule has 10 heteroatoms. The summed E-state index contributed by atoms with van der Waals surface area (Å²) in [6.07, 6.45) is 8.86. The van der Waals surface area contributed by atoms with E-state index in [1.165, 1.54) is 18.9 Å². The normalized spacial score (nSPS) is 16.2. The highest BCUT2D eigenvalue weighted by Gasteiger charge is 2.21. The standard InChI is InChI=1S/C28H33ClFN7O/c1-35(31-19-21-11-13-22(14-12-21)38-20-23-24(29)9-8-10-25(23)30)26-32-27(36-15-4-2-5-16-36)34-28(33-26)37-17-6-3-7-18-37/h8-14,19H,2-7,15-18,20H2,1H3/b31-19+. The minimum absolute atomic E-state index is 0.0553. The van der Waals surface area contributed by atoms with Crippen LogP contribution in [0.2, 0.25) is 5.02 Å². The third-order valence-corrected chi connectivity index (χ3v) is 7.23. The highest BCUT2D eigenvalue weighted by molar-refractivity contribution is 6.31. The largest absolute Gasteiger partial charge is 0.489 e. The summed E-state index contributed by atoms with van der Waals surface area (Å²) >= 11 is 6.09. The topological polar surface area (TPSA) is 70.0 Å². The lowest BCUT2D eigenvalue weighted by molar-refractivity contribution is 0.300. The SMILES string of the molecule is CN(/N=C/c1ccc(OCc2c(F)cccc2Cl)cc1)c1nc(N2CCCCC2)nc(N2CCCCC2)n1. The van der Waals surface area contributed by atoms with Crippen molar-refractivity contribution in [3.8, 4) is 5.75 Å². The molecule has 0 amide bonds. The molecule has 0 bridgehead atoms. The Labute approximate surface area is 228 Å². The predicted molar refractivity (Wildman–Crippen MR) is 150 cm³/mol. The van der Waals surface area contributed by atoms with Crippen LogP contribution in [0.15, 0.2) is 47.6 Å². The van der Waals surface area contributed by atoms with Gasteiger partial charge in [0, 0.05) is 38.8 Å². The Morgan fingerprint density at radius 1 is 0.895 bits per heavy atom. The molecule has 38 heavy (non-hydrogen) atoms. The van der Waals surface area contributed by atoms with Gasteiger partial charge >= 0.3 is 0 Å². The van der Waals surface area contributed by atoms with E-state index in [9.17, 15) is 4.39 Å². The maximum Gasteiger partial charge on any atom is 0.252 e. The number of nitrogens with zero attached hydrogens (tertiary/aromatic N) is 7. The van der Waals surface area contributed by atoms with E-state index in [0.29, 0.717) is 22.3 Å². The van der Waals surface area contributed by atoms with Gasteiger partial charge in [0.05, 0.1) is 11.2 Å². The zero-order chi connectivity index (χ0) is 26.3. The molecule has 200 valence electrons.